The number of hydrogen-bond donors (Lipinski definition) is 0. The summed E-state index contributed by atoms with van der Waals surface area (Å²) < 4.78 is 10.4. The molecule has 0 fully saturated rings. The molecule has 0 aliphatic carbocycles. The Morgan fingerprint density at radius 2 is 1.84 bits per heavy atom. The highest BCUT2D eigenvalue weighted by atomic mass is 32.2. The number of nitrogens with zero attached hydrogens (tertiary/aromatic N) is 1. The highest BCUT2D eigenvalue weighted by Crippen LogP contribution is 2.14. The Kier molecular flexibility index (Phi) is 7.94. The maximum Gasteiger partial charge on any atom is 0.0894 e. The van der Waals surface area contributed by atoms with Crippen molar-refractivity contribution in [2.75, 3.05) is 51.3 Å². The fraction of sp³-hybridized carbons (Fsp3) is 0.600. The normalized spacial score (nSPS) is 12.4. The van der Waals surface area contributed by atoms with E-state index >= 15 is 0 Å². The summed E-state index contributed by atoms with van der Waals surface area (Å²) in [6.07, 6.45) is 1.30. The van der Waals surface area contributed by atoms with Gasteiger partial charge in [-0.2, -0.15) is 11.8 Å². The molecule has 0 aromatic heterocycles. The molecule has 1 atom stereocenters. The van der Waals surface area contributed by atoms with Gasteiger partial charge < -0.3 is 14.4 Å². The van der Waals surface area contributed by atoms with Crippen LogP contribution >= 0.6 is 11.8 Å². The van der Waals surface area contributed by atoms with Crippen molar-refractivity contribution in [3.8, 4) is 0 Å². The zero-order valence-electron chi connectivity index (χ0n) is 12.4. The molecule has 3 nitrogen and oxygen atoms in total. The second-order valence-corrected chi connectivity index (χ2v) is 5.85. The van der Waals surface area contributed by atoms with E-state index in [4.69, 9.17) is 9.47 Å². The molecule has 0 amide bonds. The molecule has 108 valence electrons. The molecule has 0 bridgehead atoms. The summed E-state index contributed by atoms with van der Waals surface area (Å²) >= 11 is 1.92. The van der Waals surface area contributed by atoms with Crippen LogP contribution in [0, 0.1) is 0 Å². The quantitative estimate of drug-likeness (QED) is 0.650. The van der Waals surface area contributed by atoms with E-state index in [1.54, 1.807) is 14.2 Å². The van der Waals surface area contributed by atoms with Crippen molar-refractivity contribution >= 4 is 17.4 Å². The summed E-state index contributed by atoms with van der Waals surface area (Å²) in [6, 6.07) is 8.75. The summed E-state index contributed by atoms with van der Waals surface area (Å²) in [5.74, 6) is 2.10. The second kappa shape index (κ2) is 9.23. The highest BCUT2D eigenvalue weighted by molar-refractivity contribution is 7.99. The number of aryl methyl sites for hydroxylation is 1. The predicted octanol–water partition coefficient (Wildman–Crippen LogP) is 2.69. The first-order valence-corrected chi connectivity index (χ1v) is 7.68. The molecule has 0 N–H and O–H groups in total. The van der Waals surface area contributed by atoms with Gasteiger partial charge in [0.1, 0.15) is 0 Å². The average molecular weight is 283 g/mol. The van der Waals surface area contributed by atoms with Crippen molar-refractivity contribution in [3.05, 3.63) is 29.8 Å². The van der Waals surface area contributed by atoms with E-state index in [-0.39, 0.29) is 6.10 Å². The van der Waals surface area contributed by atoms with Crippen LogP contribution in [0.25, 0.3) is 0 Å². The molecule has 0 saturated heterocycles. The Balaban J connectivity index is 2.25. The number of thioether (sulfide) groups is 1. The van der Waals surface area contributed by atoms with Crippen molar-refractivity contribution in [1.29, 1.82) is 0 Å². The Bertz CT molecular complexity index is 341. The molecule has 0 saturated carbocycles. The van der Waals surface area contributed by atoms with Gasteiger partial charge in [0.25, 0.3) is 0 Å². The van der Waals surface area contributed by atoms with Gasteiger partial charge in [0.05, 0.1) is 12.7 Å². The number of anilines is 1. The van der Waals surface area contributed by atoms with Gasteiger partial charge in [-0.05, 0) is 29.9 Å². The van der Waals surface area contributed by atoms with Crippen LogP contribution in [0.1, 0.15) is 5.56 Å². The van der Waals surface area contributed by atoms with E-state index in [1.165, 1.54) is 11.3 Å². The van der Waals surface area contributed by atoms with Crippen LogP contribution < -0.4 is 4.90 Å². The molecule has 0 aliphatic heterocycles. The van der Waals surface area contributed by atoms with Crippen LogP contribution in [-0.4, -0.2) is 52.5 Å². The van der Waals surface area contributed by atoms with Crippen molar-refractivity contribution in [2.24, 2.45) is 0 Å². The molecule has 0 spiro atoms. The summed E-state index contributed by atoms with van der Waals surface area (Å²) in [5.41, 5.74) is 2.63. The van der Waals surface area contributed by atoms with Crippen molar-refractivity contribution in [2.45, 2.75) is 12.5 Å². The van der Waals surface area contributed by atoms with Gasteiger partial charge in [0.15, 0.2) is 0 Å². The van der Waals surface area contributed by atoms with Gasteiger partial charge in [-0.25, -0.2) is 0 Å². The largest absolute Gasteiger partial charge is 0.382 e. The van der Waals surface area contributed by atoms with E-state index in [9.17, 15) is 0 Å². The third-order valence-corrected chi connectivity index (χ3v) is 4.08. The zero-order valence-corrected chi connectivity index (χ0v) is 13.2. The summed E-state index contributed by atoms with van der Waals surface area (Å²) in [4.78, 5) is 2.12. The standard InChI is InChI=1S/C15H25NO2S/c1-16(2)14-7-5-13(6-8-14)9-10-19-12-15(18-4)11-17-3/h5-8,15H,9-12H2,1-4H3. The van der Waals surface area contributed by atoms with E-state index in [2.05, 4.69) is 43.3 Å². The van der Waals surface area contributed by atoms with Gasteiger partial charge in [0, 0.05) is 39.8 Å². The molecule has 4 heteroatoms. The van der Waals surface area contributed by atoms with E-state index in [0.717, 1.165) is 17.9 Å². The van der Waals surface area contributed by atoms with Crippen LogP contribution in [0.5, 0.6) is 0 Å². The van der Waals surface area contributed by atoms with Gasteiger partial charge in [-0.15, -0.1) is 0 Å². The topological polar surface area (TPSA) is 21.7 Å². The lowest BCUT2D eigenvalue weighted by molar-refractivity contribution is 0.0430. The first-order chi connectivity index (χ1) is 9.17. The van der Waals surface area contributed by atoms with E-state index in [1.807, 2.05) is 11.8 Å². The smallest absolute Gasteiger partial charge is 0.0894 e. The fourth-order valence-corrected chi connectivity index (χ4v) is 2.78. The number of benzene rings is 1. The molecule has 0 aliphatic rings. The van der Waals surface area contributed by atoms with Crippen molar-refractivity contribution in [3.63, 3.8) is 0 Å². The number of methoxy groups -OCH3 is 2. The molecule has 0 heterocycles. The first kappa shape index (κ1) is 16.3. The lowest BCUT2D eigenvalue weighted by atomic mass is 10.1. The molecule has 1 rings (SSSR count). The van der Waals surface area contributed by atoms with Gasteiger partial charge in [-0.1, -0.05) is 12.1 Å². The number of hydrogen-bond acceptors (Lipinski definition) is 4. The average Bonchev–Trinajstić information content (AvgIpc) is 2.42. The third-order valence-electron chi connectivity index (χ3n) is 2.98. The maximum atomic E-state index is 5.33. The number of ether oxygens (including phenoxy) is 2. The van der Waals surface area contributed by atoms with Gasteiger partial charge in [-0.3, -0.25) is 0 Å². The van der Waals surface area contributed by atoms with Gasteiger partial charge >= 0.3 is 0 Å². The minimum absolute atomic E-state index is 0.200. The first-order valence-electron chi connectivity index (χ1n) is 6.53. The molecule has 19 heavy (non-hydrogen) atoms. The molecule has 1 unspecified atom stereocenters. The van der Waals surface area contributed by atoms with Crippen molar-refractivity contribution < 1.29 is 9.47 Å². The summed E-state index contributed by atoms with van der Waals surface area (Å²) in [6.45, 7) is 0.668. The monoisotopic (exact) mass is 283 g/mol. The van der Waals surface area contributed by atoms with E-state index in [0.29, 0.717) is 6.61 Å². The van der Waals surface area contributed by atoms with Crippen LogP contribution in [0.4, 0.5) is 5.69 Å². The zero-order chi connectivity index (χ0) is 14.1. The fourth-order valence-electron chi connectivity index (χ4n) is 1.74. The lowest BCUT2D eigenvalue weighted by Crippen LogP contribution is -2.20. The minimum Gasteiger partial charge on any atom is -0.382 e. The Labute approximate surface area is 121 Å². The lowest BCUT2D eigenvalue weighted by Gasteiger charge is -2.14. The predicted molar refractivity (Wildman–Crippen MR) is 84.5 cm³/mol. The number of rotatable bonds is 9. The summed E-state index contributed by atoms with van der Waals surface area (Å²) in [5, 5.41) is 0. The van der Waals surface area contributed by atoms with Crippen LogP contribution in [-0.2, 0) is 15.9 Å². The Morgan fingerprint density at radius 3 is 2.37 bits per heavy atom. The summed E-state index contributed by atoms with van der Waals surface area (Å²) in [7, 11) is 7.57. The molecule has 0 radical (unpaired) electrons. The minimum atomic E-state index is 0.200. The van der Waals surface area contributed by atoms with Gasteiger partial charge in [0.2, 0.25) is 0 Å². The second-order valence-electron chi connectivity index (χ2n) is 4.70. The van der Waals surface area contributed by atoms with Crippen LogP contribution in [0.15, 0.2) is 24.3 Å². The van der Waals surface area contributed by atoms with Crippen molar-refractivity contribution in [1.82, 2.24) is 0 Å². The Hall–Kier alpha value is -0.710. The molecule has 1 aromatic rings. The Morgan fingerprint density at radius 1 is 1.16 bits per heavy atom. The molecular weight excluding hydrogens is 258 g/mol. The van der Waals surface area contributed by atoms with E-state index < -0.39 is 0 Å². The van der Waals surface area contributed by atoms with Crippen LogP contribution in [0.2, 0.25) is 0 Å². The molecule has 1 aromatic carbocycles. The van der Waals surface area contributed by atoms with Crippen LogP contribution in [0.3, 0.4) is 0 Å². The SMILES string of the molecule is COCC(CSCCc1ccc(N(C)C)cc1)OC. The third kappa shape index (κ3) is 6.32. The molecular formula is C15H25NO2S. The maximum absolute atomic E-state index is 5.33. The highest BCUT2D eigenvalue weighted by Gasteiger charge is 2.06.